The topological polar surface area (TPSA) is 58.4 Å². The summed E-state index contributed by atoms with van der Waals surface area (Å²) in [5.74, 6) is 0.418. The molecule has 1 fully saturated rings. The predicted octanol–water partition coefficient (Wildman–Crippen LogP) is 1.78. The van der Waals surface area contributed by atoms with E-state index in [4.69, 9.17) is 4.42 Å². The highest BCUT2D eigenvalue weighted by Crippen LogP contribution is 2.19. The molecular weight excluding hydrogens is 254 g/mol. The second-order valence-corrected chi connectivity index (χ2v) is 4.96. The Hall–Kier alpha value is -2.14. The molecule has 2 aromatic rings. The summed E-state index contributed by atoms with van der Waals surface area (Å²) in [5, 5.41) is 3.26. The number of benzene rings is 1. The summed E-state index contributed by atoms with van der Waals surface area (Å²) in [6.07, 6.45) is 1.44. The summed E-state index contributed by atoms with van der Waals surface area (Å²) in [6, 6.07) is 9.76. The van der Waals surface area contributed by atoms with E-state index in [-0.39, 0.29) is 11.9 Å². The number of aromatic nitrogens is 1. The van der Waals surface area contributed by atoms with Gasteiger partial charge in [-0.2, -0.15) is 0 Å². The van der Waals surface area contributed by atoms with Crippen LogP contribution in [0.25, 0.3) is 11.5 Å². The summed E-state index contributed by atoms with van der Waals surface area (Å²) in [4.78, 5) is 18.6. The van der Waals surface area contributed by atoms with Gasteiger partial charge in [0.1, 0.15) is 6.26 Å². The molecule has 1 saturated heterocycles. The molecule has 0 spiro atoms. The molecule has 1 aromatic carbocycles. The SMILES string of the molecule is CC1CNCCN1C(=O)c1coc(-c2ccccc2)n1. The van der Waals surface area contributed by atoms with Crippen LogP contribution >= 0.6 is 0 Å². The molecule has 0 aliphatic carbocycles. The van der Waals surface area contributed by atoms with Gasteiger partial charge < -0.3 is 14.6 Å². The van der Waals surface area contributed by atoms with Crippen molar-refractivity contribution in [3.05, 3.63) is 42.3 Å². The van der Waals surface area contributed by atoms with E-state index in [2.05, 4.69) is 10.3 Å². The van der Waals surface area contributed by atoms with Crippen molar-refractivity contribution in [1.29, 1.82) is 0 Å². The normalized spacial score (nSPS) is 19.1. The molecular formula is C15H17N3O2. The largest absolute Gasteiger partial charge is 0.444 e. The number of amides is 1. The van der Waals surface area contributed by atoms with E-state index < -0.39 is 0 Å². The fraction of sp³-hybridized carbons (Fsp3) is 0.333. The number of nitrogens with zero attached hydrogens (tertiary/aromatic N) is 2. The van der Waals surface area contributed by atoms with Crippen molar-refractivity contribution >= 4 is 5.91 Å². The monoisotopic (exact) mass is 271 g/mol. The fourth-order valence-electron chi connectivity index (χ4n) is 2.38. The highest BCUT2D eigenvalue weighted by atomic mass is 16.3. The quantitative estimate of drug-likeness (QED) is 0.904. The molecule has 3 rings (SSSR count). The van der Waals surface area contributed by atoms with Crippen LogP contribution in [0.3, 0.4) is 0 Å². The Morgan fingerprint density at radius 2 is 2.20 bits per heavy atom. The minimum atomic E-state index is -0.0649. The van der Waals surface area contributed by atoms with Crippen LogP contribution in [0.2, 0.25) is 0 Å². The zero-order valence-corrected chi connectivity index (χ0v) is 11.4. The van der Waals surface area contributed by atoms with Gasteiger partial charge in [0.05, 0.1) is 0 Å². The highest BCUT2D eigenvalue weighted by molar-refractivity contribution is 5.92. The Bertz CT molecular complexity index is 594. The first kappa shape index (κ1) is 12.9. The van der Waals surface area contributed by atoms with E-state index in [9.17, 15) is 4.79 Å². The number of hydrogen-bond donors (Lipinski definition) is 1. The molecule has 1 amide bonds. The van der Waals surface area contributed by atoms with E-state index in [0.717, 1.165) is 18.7 Å². The van der Waals surface area contributed by atoms with Crippen molar-refractivity contribution in [2.45, 2.75) is 13.0 Å². The number of nitrogens with one attached hydrogen (secondary N) is 1. The van der Waals surface area contributed by atoms with Crippen LogP contribution in [0.4, 0.5) is 0 Å². The molecule has 1 aromatic heterocycles. The Morgan fingerprint density at radius 1 is 1.40 bits per heavy atom. The van der Waals surface area contributed by atoms with E-state index in [1.54, 1.807) is 0 Å². The maximum absolute atomic E-state index is 12.4. The number of carbonyl (C=O) groups excluding carboxylic acids is 1. The van der Waals surface area contributed by atoms with Gasteiger partial charge in [-0.15, -0.1) is 0 Å². The standard InChI is InChI=1S/C15H17N3O2/c1-11-9-16-7-8-18(11)15(19)13-10-20-14(17-13)12-5-3-2-4-6-12/h2-6,10-11,16H,7-9H2,1H3. The third-order valence-corrected chi connectivity index (χ3v) is 3.51. The second kappa shape index (κ2) is 5.46. The van der Waals surface area contributed by atoms with Crippen LogP contribution in [0.5, 0.6) is 0 Å². The van der Waals surface area contributed by atoms with E-state index in [1.807, 2.05) is 42.2 Å². The number of carbonyl (C=O) groups is 1. The lowest BCUT2D eigenvalue weighted by molar-refractivity contribution is 0.0649. The van der Waals surface area contributed by atoms with Gasteiger partial charge >= 0.3 is 0 Å². The summed E-state index contributed by atoms with van der Waals surface area (Å²) >= 11 is 0. The van der Waals surface area contributed by atoms with Crippen molar-refractivity contribution in [3.63, 3.8) is 0 Å². The molecule has 1 unspecified atom stereocenters. The van der Waals surface area contributed by atoms with Crippen molar-refractivity contribution < 1.29 is 9.21 Å². The van der Waals surface area contributed by atoms with Crippen LogP contribution in [0.1, 0.15) is 17.4 Å². The first-order valence-electron chi connectivity index (χ1n) is 6.78. The molecule has 1 N–H and O–H groups in total. The van der Waals surface area contributed by atoms with Gasteiger partial charge in [-0.05, 0) is 19.1 Å². The lowest BCUT2D eigenvalue weighted by Crippen LogP contribution is -2.52. The van der Waals surface area contributed by atoms with Gasteiger partial charge in [0.25, 0.3) is 5.91 Å². The van der Waals surface area contributed by atoms with Gasteiger partial charge in [-0.1, -0.05) is 18.2 Å². The maximum Gasteiger partial charge on any atom is 0.276 e. The van der Waals surface area contributed by atoms with Crippen LogP contribution in [0.15, 0.2) is 41.0 Å². The number of piperazine rings is 1. The minimum Gasteiger partial charge on any atom is -0.444 e. The van der Waals surface area contributed by atoms with Crippen molar-refractivity contribution in [3.8, 4) is 11.5 Å². The molecule has 20 heavy (non-hydrogen) atoms. The molecule has 1 aliphatic heterocycles. The van der Waals surface area contributed by atoms with E-state index >= 15 is 0 Å². The third-order valence-electron chi connectivity index (χ3n) is 3.51. The Balaban J connectivity index is 1.81. The molecule has 5 heteroatoms. The molecule has 1 atom stereocenters. The molecule has 0 radical (unpaired) electrons. The van der Waals surface area contributed by atoms with Crippen molar-refractivity contribution in [2.24, 2.45) is 0 Å². The average Bonchev–Trinajstić information content (AvgIpc) is 2.98. The van der Waals surface area contributed by atoms with Crippen molar-refractivity contribution in [1.82, 2.24) is 15.2 Å². The zero-order chi connectivity index (χ0) is 13.9. The minimum absolute atomic E-state index is 0.0649. The smallest absolute Gasteiger partial charge is 0.276 e. The van der Waals surface area contributed by atoms with Gasteiger partial charge in [0.15, 0.2) is 5.69 Å². The number of oxazole rings is 1. The predicted molar refractivity (Wildman–Crippen MR) is 75.3 cm³/mol. The maximum atomic E-state index is 12.4. The highest BCUT2D eigenvalue weighted by Gasteiger charge is 2.26. The first-order chi connectivity index (χ1) is 9.75. The van der Waals surface area contributed by atoms with Crippen LogP contribution in [-0.4, -0.2) is 41.5 Å². The average molecular weight is 271 g/mol. The van der Waals surface area contributed by atoms with Crippen molar-refractivity contribution in [2.75, 3.05) is 19.6 Å². The summed E-state index contributed by atoms with van der Waals surface area (Å²) in [7, 11) is 0. The summed E-state index contributed by atoms with van der Waals surface area (Å²) in [5.41, 5.74) is 1.25. The lowest BCUT2D eigenvalue weighted by atomic mass is 10.2. The van der Waals surface area contributed by atoms with Gasteiger partial charge in [0.2, 0.25) is 5.89 Å². The van der Waals surface area contributed by atoms with E-state index in [1.165, 1.54) is 6.26 Å². The Kier molecular flexibility index (Phi) is 3.52. The number of rotatable bonds is 2. The summed E-state index contributed by atoms with van der Waals surface area (Å²) in [6.45, 7) is 4.37. The van der Waals surface area contributed by atoms with E-state index in [0.29, 0.717) is 18.1 Å². The lowest BCUT2D eigenvalue weighted by Gasteiger charge is -2.33. The first-order valence-corrected chi connectivity index (χ1v) is 6.78. The molecule has 2 heterocycles. The number of hydrogen-bond acceptors (Lipinski definition) is 4. The summed E-state index contributed by atoms with van der Waals surface area (Å²) < 4.78 is 5.42. The van der Waals surface area contributed by atoms with Crippen LogP contribution in [-0.2, 0) is 0 Å². The van der Waals surface area contributed by atoms with Gasteiger partial charge in [-0.3, -0.25) is 4.79 Å². The molecule has 0 bridgehead atoms. The van der Waals surface area contributed by atoms with Crippen LogP contribution < -0.4 is 5.32 Å². The fourth-order valence-corrected chi connectivity index (χ4v) is 2.38. The third kappa shape index (κ3) is 2.44. The molecule has 5 nitrogen and oxygen atoms in total. The molecule has 104 valence electrons. The second-order valence-electron chi connectivity index (χ2n) is 4.96. The zero-order valence-electron chi connectivity index (χ0n) is 11.4. The Labute approximate surface area is 117 Å². The van der Waals surface area contributed by atoms with Gasteiger partial charge in [0, 0.05) is 31.2 Å². The van der Waals surface area contributed by atoms with Crippen LogP contribution in [0, 0.1) is 0 Å². The molecule has 1 aliphatic rings. The van der Waals surface area contributed by atoms with Gasteiger partial charge in [-0.25, -0.2) is 4.98 Å². The Morgan fingerprint density at radius 3 is 2.95 bits per heavy atom. The molecule has 0 saturated carbocycles.